The van der Waals surface area contributed by atoms with Crippen molar-refractivity contribution in [1.29, 1.82) is 0 Å². The molecule has 3 aromatic rings. The van der Waals surface area contributed by atoms with Crippen LogP contribution in [0, 0.1) is 0 Å². The van der Waals surface area contributed by atoms with Gasteiger partial charge in [-0.1, -0.05) is 60.1 Å². The van der Waals surface area contributed by atoms with Crippen LogP contribution in [0.15, 0.2) is 66.7 Å². The van der Waals surface area contributed by atoms with E-state index in [9.17, 15) is 4.79 Å². The lowest BCUT2D eigenvalue weighted by Crippen LogP contribution is -2.44. The average Bonchev–Trinajstić information content (AvgIpc) is 2.60. The second-order valence-electron chi connectivity index (χ2n) is 5.50. The number of benzene rings is 3. The summed E-state index contributed by atoms with van der Waals surface area (Å²) in [6, 6.07) is 21.2. The van der Waals surface area contributed by atoms with Crippen LogP contribution in [0.25, 0.3) is 10.8 Å². The molecule has 3 aromatic carbocycles. The summed E-state index contributed by atoms with van der Waals surface area (Å²) >= 11 is 11.1. The number of anilines is 1. The molecule has 4 nitrogen and oxygen atoms in total. The SMILES string of the molecule is O=C(Cc1ccc2ccccc2c1)NNC(=S)Nc1cccc(Cl)c1. The van der Waals surface area contributed by atoms with Crippen molar-refractivity contribution in [1.82, 2.24) is 10.9 Å². The van der Waals surface area contributed by atoms with E-state index < -0.39 is 0 Å². The predicted octanol–water partition coefficient (Wildman–Crippen LogP) is 4.05. The molecule has 0 aliphatic heterocycles. The van der Waals surface area contributed by atoms with Crippen LogP contribution in [0.4, 0.5) is 5.69 Å². The third kappa shape index (κ3) is 4.92. The Bertz CT molecular complexity index is 929. The summed E-state index contributed by atoms with van der Waals surface area (Å²) < 4.78 is 0. The van der Waals surface area contributed by atoms with Gasteiger partial charge in [0.25, 0.3) is 0 Å². The summed E-state index contributed by atoms with van der Waals surface area (Å²) in [6.07, 6.45) is 0.262. The van der Waals surface area contributed by atoms with E-state index in [1.807, 2.05) is 54.6 Å². The first-order valence-electron chi connectivity index (χ1n) is 7.69. The van der Waals surface area contributed by atoms with Crippen molar-refractivity contribution in [2.75, 3.05) is 5.32 Å². The molecule has 0 spiro atoms. The zero-order valence-corrected chi connectivity index (χ0v) is 14.8. The summed E-state index contributed by atoms with van der Waals surface area (Å²) in [7, 11) is 0. The van der Waals surface area contributed by atoms with E-state index >= 15 is 0 Å². The molecule has 25 heavy (non-hydrogen) atoms. The maximum absolute atomic E-state index is 12.1. The van der Waals surface area contributed by atoms with Crippen LogP contribution in [0.2, 0.25) is 5.02 Å². The van der Waals surface area contributed by atoms with E-state index in [4.69, 9.17) is 23.8 Å². The lowest BCUT2D eigenvalue weighted by Gasteiger charge is -2.12. The van der Waals surface area contributed by atoms with Gasteiger partial charge in [0, 0.05) is 10.7 Å². The number of rotatable bonds is 3. The normalized spacial score (nSPS) is 10.3. The fourth-order valence-corrected chi connectivity index (χ4v) is 2.79. The van der Waals surface area contributed by atoms with Crippen molar-refractivity contribution in [2.45, 2.75) is 6.42 Å². The molecule has 3 N–H and O–H groups in total. The quantitative estimate of drug-likeness (QED) is 0.481. The Labute approximate surface area is 156 Å². The Morgan fingerprint density at radius 1 is 0.920 bits per heavy atom. The first-order valence-corrected chi connectivity index (χ1v) is 8.48. The van der Waals surface area contributed by atoms with Crippen molar-refractivity contribution in [3.63, 3.8) is 0 Å². The van der Waals surface area contributed by atoms with E-state index in [0.717, 1.165) is 22.0 Å². The molecule has 0 atom stereocenters. The molecule has 0 aliphatic carbocycles. The largest absolute Gasteiger partial charge is 0.331 e. The zero-order chi connectivity index (χ0) is 17.6. The minimum Gasteiger partial charge on any atom is -0.331 e. The van der Waals surface area contributed by atoms with Crippen molar-refractivity contribution >= 4 is 51.3 Å². The first kappa shape index (κ1) is 17.2. The molecule has 0 bridgehead atoms. The molecule has 0 saturated carbocycles. The number of hydrazine groups is 1. The van der Waals surface area contributed by atoms with Gasteiger partial charge in [0.05, 0.1) is 6.42 Å². The Hall–Kier alpha value is -2.63. The number of nitrogens with one attached hydrogen (secondary N) is 3. The highest BCUT2D eigenvalue weighted by Crippen LogP contribution is 2.16. The van der Waals surface area contributed by atoms with Crippen LogP contribution in [-0.2, 0) is 11.2 Å². The highest BCUT2D eigenvalue weighted by Gasteiger charge is 2.05. The van der Waals surface area contributed by atoms with Gasteiger partial charge in [0.15, 0.2) is 5.11 Å². The molecular weight excluding hydrogens is 354 g/mol. The molecule has 0 aromatic heterocycles. The van der Waals surface area contributed by atoms with Gasteiger partial charge in [-0.3, -0.25) is 15.6 Å². The van der Waals surface area contributed by atoms with Crippen LogP contribution >= 0.6 is 23.8 Å². The lowest BCUT2D eigenvalue weighted by atomic mass is 10.1. The first-order chi connectivity index (χ1) is 12.1. The third-order valence-electron chi connectivity index (χ3n) is 3.58. The van der Waals surface area contributed by atoms with Crippen LogP contribution in [0.1, 0.15) is 5.56 Å². The second-order valence-corrected chi connectivity index (χ2v) is 6.34. The van der Waals surface area contributed by atoms with Crippen LogP contribution in [0.5, 0.6) is 0 Å². The number of thiocarbonyl (C=S) groups is 1. The Kier molecular flexibility index (Phi) is 5.48. The van der Waals surface area contributed by atoms with Crippen molar-refractivity contribution in [3.05, 3.63) is 77.3 Å². The minimum atomic E-state index is -0.175. The Balaban J connectivity index is 1.52. The zero-order valence-electron chi connectivity index (χ0n) is 13.3. The fourth-order valence-electron chi connectivity index (χ4n) is 2.43. The number of carbonyl (C=O) groups excluding carboxylic acids is 1. The number of halogens is 1. The smallest absolute Gasteiger partial charge is 0.242 e. The van der Waals surface area contributed by atoms with Crippen molar-refractivity contribution in [2.24, 2.45) is 0 Å². The summed E-state index contributed by atoms with van der Waals surface area (Å²) in [4.78, 5) is 12.1. The monoisotopic (exact) mass is 369 g/mol. The average molecular weight is 370 g/mol. The van der Waals surface area contributed by atoms with Gasteiger partial charge in [-0.25, -0.2) is 0 Å². The molecule has 0 saturated heterocycles. The van der Waals surface area contributed by atoms with Crippen molar-refractivity contribution < 1.29 is 4.79 Å². The molecule has 0 aliphatic rings. The molecule has 1 amide bonds. The fraction of sp³-hybridized carbons (Fsp3) is 0.0526. The summed E-state index contributed by atoms with van der Waals surface area (Å²) in [6.45, 7) is 0. The number of hydrogen-bond donors (Lipinski definition) is 3. The van der Waals surface area contributed by atoms with E-state index in [0.29, 0.717) is 5.02 Å². The molecule has 126 valence electrons. The van der Waals surface area contributed by atoms with Crippen molar-refractivity contribution in [3.8, 4) is 0 Å². The summed E-state index contributed by atoms with van der Waals surface area (Å²) in [5.74, 6) is -0.175. The van der Waals surface area contributed by atoms with E-state index in [-0.39, 0.29) is 17.4 Å². The highest BCUT2D eigenvalue weighted by molar-refractivity contribution is 7.80. The van der Waals surface area contributed by atoms with Crippen LogP contribution < -0.4 is 16.2 Å². The second kappa shape index (κ2) is 7.96. The topological polar surface area (TPSA) is 53.2 Å². The van der Waals surface area contributed by atoms with Crippen LogP contribution in [-0.4, -0.2) is 11.0 Å². The van der Waals surface area contributed by atoms with E-state index in [1.54, 1.807) is 12.1 Å². The number of fused-ring (bicyclic) bond motifs is 1. The van der Waals surface area contributed by atoms with Gasteiger partial charge in [-0.05, 0) is 46.8 Å². The molecule has 0 fully saturated rings. The standard InChI is InChI=1S/C19H16ClN3OS/c20-16-6-3-7-17(12-16)21-19(25)23-22-18(24)11-13-8-9-14-4-1-2-5-15(14)10-13/h1-10,12H,11H2,(H,22,24)(H2,21,23,25). The van der Waals surface area contributed by atoms with Gasteiger partial charge < -0.3 is 5.32 Å². The van der Waals surface area contributed by atoms with Gasteiger partial charge in [-0.15, -0.1) is 0 Å². The number of hydrogen-bond acceptors (Lipinski definition) is 2. The Morgan fingerprint density at radius 3 is 2.52 bits per heavy atom. The maximum Gasteiger partial charge on any atom is 0.242 e. The van der Waals surface area contributed by atoms with Gasteiger partial charge in [0.1, 0.15) is 0 Å². The molecular formula is C19H16ClN3OS. The molecule has 6 heteroatoms. The number of amides is 1. The molecule has 3 rings (SSSR count). The number of carbonyl (C=O) groups is 1. The maximum atomic E-state index is 12.1. The minimum absolute atomic E-state index is 0.175. The predicted molar refractivity (Wildman–Crippen MR) is 107 cm³/mol. The third-order valence-corrected chi connectivity index (χ3v) is 4.02. The van der Waals surface area contributed by atoms with Gasteiger partial charge in [0.2, 0.25) is 5.91 Å². The van der Waals surface area contributed by atoms with E-state index in [2.05, 4.69) is 16.2 Å². The summed E-state index contributed by atoms with van der Waals surface area (Å²) in [5.41, 5.74) is 6.95. The van der Waals surface area contributed by atoms with Crippen LogP contribution in [0.3, 0.4) is 0 Å². The molecule has 0 radical (unpaired) electrons. The van der Waals surface area contributed by atoms with E-state index in [1.165, 1.54) is 0 Å². The molecule has 0 unspecified atom stereocenters. The highest BCUT2D eigenvalue weighted by atomic mass is 35.5. The molecule has 0 heterocycles. The van der Waals surface area contributed by atoms with Gasteiger partial charge in [-0.2, -0.15) is 0 Å². The lowest BCUT2D eigenvalue weighted by molar-refractivity contribution is -0.120. The summed E-state index contributed by atoms with van der Waals surface area (Å²) in [5, 5.41) is 6.10. The Morgan fingerprint density at radius 2 is 1.72 bits per heavy atom. The van der Waals surface area contributed by atoms with Gasteiger partial charge >= 0.3 is 0 Å².